The van der Waals surface area contributed by atoms with Crippen LogP contribution in [0, 0.1) is 5.92 Å². The smallest absolute Gasteiger partial charge is 0.128 e. The van der Waals surface area contributed by atoms with Crippen molar-refractivity contribution >= 4 is 17.4 Å². The van der Waals surface area contributed by atoms with Crippen molar-refractivity contribution in [1.29, 1.82) is 0 Å². The second-order valence-electron chi connectivity index (χ2n) is 6.47. The van der Waals surface area contributed by atoms with Gasteiger partial charge in [-0.1, -0.05) is 31.4 Å². The first kappa shape index (κ1) is 15.1. The molecule has 1 aromatic heterocycles. The van der Waals surface area contributed by atoms with E-state index in [9.17, 15) is 0 Å². The zero-order valence-corrected chi connectivity index (χ0v) is 13.7. The van der Waals surface area contributed by atoms with Gasteiger partial charge in [-0.2, -0.15) is 0 Å². The summed E-state index contributed by atoms with van der Waals surface area (Å²) in [5.74, 6) is 2.01. The predicted octanol–water partition coefficient (Wildman–Crippen LogP) is 4.00. The van der Waals surface area contributed by atoms with Gasteiger partial charge in [0.2, 0.25) is 0 Å². The Morgan fingerprint density at radius 1 is 1.24 bits per heavy atom. The lowest BCUT2D eigenvalue weighted by Gasteiger charge is -2.33. The summed E-state index contributed by atoms with van der Waals surface area (Å²) in [6.07, 6.45) is 7.87. The molecule has 21 heavy (non-hydrogen) atoms. The molecule has 1 saturated carbocycles. The van der Waals surface area contributed by atoms with Crippen LogP contribution >= 0.6 is 11.6 Å². The zero-order valence-electron chi connectivity index (χ0n) is 12.9. The molecule has 1 aliphatic carbocycles. The van der Waals surface area contributed by atoms with E-state index in [0.29, 0.717) is 6.04 Å². The highest BCUT2D eigenvalue weighted by molar-refractivity contribution is 6.31. The largest absolute Gasteiger partial charge is 0.357 e. The highest BCUT2D eigenvalue weighted by atomic mass is 35.5. The molecule has 1 aliphatic heterocycles. The number of nitrogens with one attached hydrogen (secondary N) is 1. The van der Waals surface area contributed by atoms with Crippen LogP contribution in [-0.2, 0) is 6.54 Å². The molecular weight excluding hydrogens is 282 g/mol. The molecule has 2 fully saturated rings. The van der Waals surface area contributed by atoms with Crippen LogP contribution in [0.25, 0.3) is 0 Å². The topological polar surface area (TPSA) is 28.2 Å². The normalized spacial score (nSPS) is 20.0. The van der Waals surface area contributed by atoms with Gasteiger partial charge >= 0.3 is 0 Å². The van der Waals surface area contributed by atoms with Crippen LogP contribution in [0.1, 0.15) is 51.1 Å². The molecule has 0 atom stereocenters. The van der Waals surface area contributed by atoms with Gasteiger partial charge in [-0.05, 0) is 43.7 Å². The van der Waals surface area contributed by atoms with Gasteiger partial charge in [0.15, 0.2) is 0 Å². The molecule has 0 bridgehead atoms. The number of hydrogen-bond acceptors (Lipinski definition) is 3. The minimum Gasteiger partial charge on any atom is -0.357 e. The monoisotopic (exact) mass is 307 g/mol. The van der Waals surface area contributed by atoms with Crippen LogP contribution in [0.4, 0.5) is 5.82 Å². The average Bonchev–Trinajstić information content (AvgIpc) is 3.32. The Labute approximate surface area is 133 Å². The molecule has 3 nitrogen and oxygen atoms in total. The maximum Gasteiger partial charge on any atom is 0.128 e. The molecule has 3 rings (SSSR count). The van der Waals surface area contributed by atoms with Crippen molar-refractivity contribution in [2.45, 2.75) is 58.0 Å². The quantitative estimate of drug-likeness (QED) is 0.861. The summed E-state index contributed by atoms with van der Waals surface area (Å²) in [6.45, 7) is 5.35. The van der Waals surface area contributed by atoms with E-state index in [-0.39, 0.29) is 0 Å². The molecule has 0 amide bonds. The van der Waals surface area contributed by atoms with Crippen LogP contribution in [-0.4, -0.2) is 24.1 Å². The third-order valence-corrected chi connectivity index (χ3v) is 5.02. The Kier molecular flexibility index (Phi) is 5.02. The van der Waals surface area contributed by atoms with Gasteiger partial charge in [0.25, 0.3) is 0 Å². The second kappa shape index (κ2) is 6.97. The number of anilines is 1. The van der Waals surface area contributed by atoms with E-state index in [1.165, 1.54) is 38.5 Å². The van der Waals surface area contributed by atoms with Crippen LogP contribution in [0.2, 0.25) is 5.02 Å². The van der Waals surface area contributed by atoms with Crippen LogP contribution < -0.4 is 10.2 Å². The van der Waals surface area contributed by atoms with E-state index in [2.05, 4.69) is 23.2 Å². The van der Waals surface area contributed by atoms with Gasteiger partial charge in [-0.25, -0.2) is 4.98 Å². The summed E-state index contributed by atoms with van der Waals surface area (Å²) >= 11 is 6.28. The predicted molar refractivity (Wildman–Crippen MR) is 89.0 cm³/mol. The summed E-state index contributed by atoms with van der Waals surface area (Å²) in [6, 6.07) is 4.77. The molecule has 116 valence electrons. The summed E-state index contributed by atoms with van der Waals surface area (Å²) in [7, 11) is 0. The number of pyridine rings is 1. The van der Waals surface area contributed by atoms with Crippen LogP contribution in [0.15, 0.2) is 12.1 Å². The number of piperidine rings is 1. The summed E-state index contributed by atoms with van der Waals surface area (Å²) in [5.41, 5.74) is 0.997. The number of aromatic nitrogens is 1. The Balaban J connectivity index is 1.60. The molecule has 0 radical (unpaired) electrons. The Morgan fingerprint density at radius 2 is 2.00 bits per heavy atom. The van der Waals surface area contributed by atoms with E-state index in [1.807, 2.05) is 6.07 Å². The van der Waals surface area contributed by atoms with Gasteiger partial charge in [-0.15, -0.1) is 0 Å². The Bertz CT molecular complexity index is 465. The second-order valence-corrected chi connectivity index (χ2v) is 6.88. The first-order chi connectivity index (χ1) is 10.3. The molecule has 2 aliphatic rings. The lowest BCUT2D eigenvalue weighted by molar-refractivity contribution is 0.377. The van der Waals surface area contributed by atoms with E-state index in [0.717, 1.165) is 42.1 Å². The molecule has 1 saturated heterocycles. The third kappa shape index (κ3) is 4.10. The van der Waals surface area contributed by atoms with Crippen molar-refractivity contribution in [2.75, 3.05) is 18.0 Å². The number of hydrogen-bond donors (Lipinski definition) is 1. The molecule has 4 heteroatoms. The van der Waals surface area contributed by atoms with Gasteiger partial charge in [-0.3, -0.25) is 0 Å². The van der Waals surface area contributed by atoms with Gasteiger partial charge in [0.1, 0.15) is 5.82 Å². The molecule has 0 unspecified atom stereocenters. The van der Waals surface area contributed by atoms with Crippen molar-refractivity contribution in [2.24, 2.45) is 5.92 Å². The molecule has 1 N–H and O–H groups in total. The lowest BCUT2D eigenvalue weighted by Crippen LogP contribution is -2.34. The summed E-state index contributed by atoms with van der Waals surface area (Å²) < 4.78 is 0. The lowest BCUT2D eigenvalue weighted by atomic mass is 9.92. The highest BCUT2D eigenvalue weighted by Gasteiger charge is 2.22. The van der Waals surface area contributed by atoms with E-state index >= 15 is 0 Å². The molecular formula is C17H26ClN3. The van der Waals surface area contributed by atoms with Gasteiger partial charge in [0, 0.05) is 25.7 Å². The first-order valence-corrected chi connectivity index (χ1v) is 8.78. The minimum atomic E-state index is 0.691. The van der Waals surface area contributed by atoms with Gasteiger partial charge in [0.05, 0.1) is 10.7 Å². The van der Waals surface area contributed by atoms with Gasteiger partial charge < -0.3 is 10.2 Å². The molecule has 0 spiro atoms. The maximum atomic E-state index is 6.28. The number of rotatable bonds is 6. The molecule has 1 aromatic rings. The first-order valence-electron chi connectivity index (χ1n) is 8.40. The fourth-order valence-electron chi connectivity index (χ4n) is 3.16. The standard InChI is InChI=1S/C17H26ClN3/c1-2-3-13-8-10-21(11-9-13)17-7-6-15(18)16(20-17)12-19-14-4-5-14/h6-7,13-14,19H,2-5,8-12H2,1H3. The Morgan fingerprint density at radius 3 is 2.67 bits per heavy atom. The van der Waals surface area contributed by atoms with Crippen molar-refractivity contribution < 1.29 is 0 Å². The Hall–Kier alpha value is -0.800. The fraction of sp³-hybridized carbons (Fsp3) is 0.706. The van der Waals surface area contributed by atoms with E-state index < -0.39 is 0 Å². The number of halogens is 1. The minimum absolute atomic E-state index is 0.691. The molecule has 2 heterocycles. The van der Waals surface area contributed by atoms with E-state index in [4.69, 9.17) is 16.6 Å². The third-order valence-electron chi connectivity index (χ3n) is 4.67. The van der Waals surface area contributed by atoms with Crippen LogP contribution in [0.3, 0.4) is 0 Å². The van der Waals surface area contributed by atoms with Crippen molar-refractivity contribution in [3.63, 3.8) is 0 Å². The SMILES string of the molecule is CCCC1CCN(c2ccc(Cl)c(CNC3CC3)n2)CC1. The maximum absolute atomic E-state index is 6.28. The van der Waals surface area contributed by atoms with Crippen LogP contribution in [0.5, 0.6) is 0 Å². The van der Waals surface area contributed by atoms with Crippen molar-refractivity contribution in [3.8, 4) is 0 Å². The average molecular weight is 308 g/mol. The molecule has 0 aromatic carbocycles. The van der Waals surface area contributed by atoms with E-state index in [1.54, 1.807) is 0 Å². The fourth-order valence-corrected chi connectivity index (χ4v) is 3.33. The highest BCUT2D eigenvalue weighted by Crippen LogP contribution is 2.27. The summed E-state index contributed by atoms with van der Waals surface area (Å²) in [5, 5.41) is 4.29. The number of nitrogens with zero attached hydrogens (tertiary/aromatic N) is 2. The summed E-state index contributed by atoms with van der Waals surface area (Å²) in [4.78, 5) is 7.22. The zero-order chi connectivity index (χ0) is 14.7. The van der Waals surface area contributed by atoms with Crippen molar-refractivity contribution in [3.05, 3.63) is 22.8 Å². The van der Waals surface area contributed by atoms with Crippen molar-refractivity contribution in [1.82, 2.24) is 10.3 Å².